The van der Waals surface area contributed by atoms with Crippen molar-refractivity contribution in [1.82, 2.24) is 10.2 Å². The minimum absolute atomic E-state index is 0.0616. The first-order valence-electron chi connectivity index (χ1n) is 7.51. The highest BCUT2D eigenvalue weighted by atomic mass is 28.3. The minimum atomic E-state index is -1.22. The topological polar surface area (TPSA) is 32.3 Å². The van der Waals surface area contributed by atoms with Crippen molar-refractivity contribution in [3.63, 3.8) is 0 Å². The van der Waals surface area contributed by atoms with E-state index in [-0.39, 0.29) is 11.9 Å². The molecule has 0 unspecified atom stereocenters. The lowest BCUT2D eigenvalue weighted by Crippen LogP contribution is -2.47. The Morgan fingerprint density at radius 2 is 2.00 bits per heavy atom. The van der Waals surface area contributed by atoms with Crippen molar-refractivity contribution in [1.29, 1.82) is 0 Å². The average Bonchev–Trinajstić information content (AvgIpc) is 2.84. The van der Waals surface area contributed by atoms with Gasteiger partial charge in [-0.15, -0.1) is 0 Å². The van der Waals surface area contributed by atoms with Crippen LogP contribution in [0.4, 0.5) is 0 Å². The zero-order chi connectivity index (χ0) is 14.6. The van der Waals surface area contributed by atoms with E-state index in [4.69, 9.17) is 0 Å². The van der Waals surface area contributed by atoms with E-state index in [1.807, 2.05) is 6.07 Å². The second-order valence-electron chi connectivity index (χ2n) is 6.89. The number of benzene rings is 1. The first-order valence-corrected chi connectivity index (χ1v) is 11.2. The normalized spacial score (nSPS) is 20.1. The van der Waals surface area contributed by atoms with E-state index in [2.05, 4.69) is 54.1 Å². The Labute approximate surface area is 123 Å². The summed E-state index contributed by atoms with van der Waals surface area (Å²) in [4.78, 5) is 14.7. The maximum Gasteiger partial charge on any atom is 0.237 e. The van der Waals surface area contributed by atoms with Gasteiger partial charge in [-0.25, -0.2) is 0 Å². The monoisotopic (exact) mass is 290 g/mol. The molecule has 1 aliphatic rings. The van der Waals surface area contributed by atoms with Crippen LogP contribution in [0.1, 0.15) is 18.4 Å². The Balaban J connectivity index is 1.92. The summed E-state index contributed by atoms with van der Waals surface area (Å²) in [5, 5.41) is 3.16. The van der Waals surface area contributed by atoms with Crippen LogP contribution in [0.3, 0.4) is 0 Å². The number of likely N-dealkylation sites (tertiary alicyclic amines) is 1. The zero-order valence-electron chi connectivity index (χ0n) is 12.9. The molecule has 1 amide bonds. The number of rotatable bonds is 5. The van der Waals surface area contributed by atoms with E-state index in [0.29, 0.717) is 0 Å². The fraction of sp³-hybridized carbons (Fsp3) is 0.562. The maximum atomic E-state index is 12.4. The van der Waals surface area contributed by atoms with Crippen molar-refractivity contribution in [2.24, 2.45) is 0 Å². The van der Waals surface area contributed by atoms with Gasteiger partial charge < -0.3 is 5.32 Å². The molecule has 0 aliphatic carbocycles. The smallest absolute Gasteiger partial charge is 0.237 e. The molecule has 4 heteroatoms. The van der Waals surface area contributed by atoms with Gasteiger partial charge >= 0.3 is 0 Å². The number of nitrogens with one attached hydrogen (secondary N) is 1. The molecular weight excluding hydrogens is 264 g/mol. The molecule has 0 bridgehead atoms. The van der Waals surface area contributed by atoms with Gasteiger partial charge in [0.25, 0.3) is 0 Å². The van der Waals surface area contributed by atoms with Gasteiger partial charge in [0.05, 0.1) is 14.1 Å². The summed E-state index contributed by atoms with van der Waals surface area (Å²) in [6.07, 6.45) is 2.99. The molecule has 1 fully saturated rings. The summed E-state index contributed by atoms with van der Waals surface area (Å²) in [6, 6.07) is 10.5. The molecule has 1 aromatic rings. The van der Waals surface area contributed by atoms with Crippen LogP contribution in [-0.4, -0.2) is 37.6 Å². The predicted octanol–water partition coefficient (Wildman–Crippen LogP) is 2.64. The SMILES string of the molecule is C[Si](C)(C)CNC(=O)[C@@H]1CCCN1Cc1ccccc1. The molecule has 1 aliphatic heterocycles. The molecule has 3 nitrogen and oxygen atoms in total. The minimum Gasteiger partial charge on any atom is -0.358 e. The molecule has 0 saturated carbocycles. The van der Waals surface area contributed by atoms with E-state index >= 15 is 0 Å². The first-order chi connectivity index (χ1) is 9.46. The Bertz CT molecular complexity index is 442. The van der Waals surface area contributed by atoms with Crippen LogP contribution in [0.25, 0.3) is 0 Å². The molecule has 1 aromatic carbocycles. The van der Waals surface area contributed by atoms with Crippen molar-refractivity contribution in [2.75, 3.05) is 12.7 Å². The first kappa shape index (κ1) is 15.3. The van der Waals surface area contributed by atoms with E-state index < -0.39 is 8.07 Å². The second-order valence-corrected chi connectivity index (χ2v) is 12.4. The number of amides is 1. The molecule has 1 N–H and O–H groups in total. The molecule has 2 rings (SSSR count). The third kappa shape index (κ3) is 4.46. The summed E-state index contributed by atoms with van der Waals surface area (Å²) >= 11 is 0. The summed E-state index contributed by atoms with van der Waals surface area (Å²) in [5.41, 5.74) is 1.29. The van der Waals surface area contributed by atoms with Crippen molar-refractivity contribution >= 4 is 14.0 Å². The van der Waals surface area contributed by atoms with Crippen LogP contribution < -0.4 is 5.32 Å². The van der Waals surface area contributed by atoms with Gasteiger partial charge in [0.2, 0.25) is 5.91 Å². The number of carbonyl (C=O) groups excluding carboxylic acids is 1. The third-order valence-corrected chi connectivity index (χ3v) is 4.93. The van der Waals surface area contributed by atoms with E-state index in [1.54, 1.807) is 0 Å². The summed E-state index contributed by atoms with van der Waals surface area (Å²) in [6.45, 7) is 8.75. The number of nitrogens with zero attached hydrogens (tertiary/aromatic N) is 1. The van der Waals surface area contributed by atoms with Gasteiger partial charge in [-0.3, -0.25) is 9.69 Å². The van der Waals surface area contributed by atoms with Crippen molar-refractivity contribution < 1.29 is 4.79 Å². The van der Waals surface area contributed by atoms with Crippen LogP contribution in [0.5, 0.6) is 0 Å². The van der Waals surface area contributed by atoms with E-state index in [9.17, 15) is 4.79 Å². The Hall–Kier alpha value is -1.13. The number of carbonyl (C=O) groups is 1. The maximum absolute atomic E-state index is 12.4. The highest BCUT2D eigenvalue weighted by Crippen LogP contribution is 2.20. The summed E-state index contributed by atoms with van der Waals surface area (Å²) in [5.74, 6) is 0.223. The van der Waals surface area contributed by atoms with Gasteiger partial charge in [0.15, 0.2) is 0 Å². The Kier molecular flexibility index (Phi) is 4.99. The molecule has 1 heterocycles. The Morgan fingerprint density at radius 3 is 2.65 bits per heavy atom. The fourth-order valence-electron chi connectivity index (χ4n) is 2.60. The zero-order valence-corrected chi connectivity index (χ0v) is 13.9. The molecule has 0 radical (unpaired) electrons. The van der Waals surface area contributed by atoms with Crippen molar-refractivity contribution in [2.45, 2.75) is 45.1 Å². The van der Waals surface area contributed by atoms with Gasteiger partial charge in [-0.05, 0) is 24.9 Å². The lowest BCUT2D eigenvalue weighted by atomic mass is 10.1. The lowest BCUT2D eigenvalue weighted by Gasteiger charge is -2.25. The third-order valence-electron chi connectivity index (χ3n) is 3.69. The van der Waals surface area contributed by atoms with E-state index in [1.165, 1.54) is 5.56 Å². The molecule has 20 heavy (non-hydrogen) atoms. The fourth-order valence-corrected chi connectivity index (χ4v) is 3.30. The van der Waals surface area contributed by atoms with Crippen molar-refractivity contribution in [3.8, 4) is 0 Å². The van der Waals surface area contributed by atoms with Crippen molar-refractivity contribution in [3.05, 3.63) is 35.9 Å². The largest absolute Gasteiger partial charge is 0.358 e. The standard InChI is InChI=1S/C16H26N2OSi/c1-20(2,3)13-17-16(19)15-10-7-11-18(15)12-14-8-5-4-6-9-14/h4-6,8-9,15H,7,10-13H2,1-3H3,(H,17,19)/t15-/m0/s1. The predicted molar refractivity (Wildman–Crippen MR) is 86.2 cm³/mol. The molecule has 0 spiro atoms. The van der Waals surface area contributed by atoms with Crippen LogP contribution in [0, 0.1) is 0 Å². The van der Waals surface area contributed by atoms with E-state index in [0.717, 1.165) is 32.1 Å². The molecule has 1 saturated heterocycles. The highest BCUT2D eigenvalue weighted by Gasteiger charge is 2.31. The number of hydrogen-bond acceptors (Lipinski definition) is 2. The van der Waals surface area contributed by atoms with Gasteiger partial charge in [-0.1, -0.05) is 50.0 Å². The molecule has 110 valence electrons. The van der Waals surface area contributed by atoms with Crippen LogP contribution in [0.2, 0.25) is 19.6 Å². The Morgan fingerprint density at radius 1 is 1.30 bits per heavy atom. The lowest BCUT2D eigenvalue weighted by molar-refractivity contribution is -0.125. The van der Waals surface area contributed by atoms with Gasteiger partial charge in [0, 0.05) is 12.7 Å². The van der Waals surface area contributed by atoms with Gasteiger partial charge in [0.1, 0.15) is 0 Å². The number of hydrogen-bond donors (Lipinski definition) is 1. The summed E-state index contributed by atoms with van der Waals surface area (Å²) in [7, 11) is -1.22. The van der Waals surface area contributed by atoms with Crippen LogP contribution in [0.15, 0.2) is 30.3 Å². The van der Waals surface area contributed by atoms with Gasteiger partial charge in [-0.2, -0.15) is 0 Å². The second kappa shape index (κ2) is 6.55. The van der Waals surface area contributed by atoms with Crippen LogP contribution >= 0.6 is 0 Å². The summed E-state index contributed by atoms with van der Waals surface area (Å²) < 4.78 is 0. The van der Waals surface area contributed by atoms with Crippen LogP contribution in [-0.2, 0) is 11.3 Å². The highest BCUT2D eigenvalue weighted by molar-refractivity contribution is 6.76. The molecular formula is C16H26N2OSi. The molecule has 1 atom stereocenters. The molecule has 0 aromatic heterocycles. The quantitative estimate of drug-likeness (QED) is 0.846. The average molecular weight is 290 g/mol.